The molecule has 0 bridgehead atoms. The maximum absolute atomic E-state index is 9.98. The summed E-state index contributed by atoms with van der Waals surface area (Å²) in [5, 5.41) is -4.77. The first-order valence-electron chi connectivity index (χ1n) is 26.2. The lowest BCUT2D eigenvalue weighted by molar-refractivity contribution is 1.60. The molecule has 8 rings (SSSR count). The van der Waals surface area contributed by atoms with Crippen molar-refractivity contribution in [1.29, 1.82) is 0 Å². The van der Waals surface area contributed by atoms with Crippen LogP contribution in [0.15, 0.2) is 169 Å². The highest BCUT2D eigenvalue weighted by atomic mass is 14.2. The number of benzene rings is 8. The molecular weight excluding hydrogens is 504 g/mol. The van der Waals surface area contributed by atoms with Crippen molar-refractivity contribution in [2.45, 2.75) is 0 Å². The first-order chi connectivity index (χ1) is 32.5. The Hall–Kier alpha value is -5.46. The van der Waals surface area contributed by atoms with Crippen molar-refractivity contribution in [2.75, 3.05) is 0 Å². The molecule has 0 atom stereocenters. The summed E-state index contributed by atoms with van der Waals surface area (Å²) in [5.41, 5.74) is -7.02. The van der Waals surface area contributed by atoms with E-state index < -0.39 is 246 Å². The third-order valence-electron chi connectivity index (χ3n) is 6.44. The van der Waals surface area contributed by atoms with Gasteiger partial charge in [0.05, 0.1) is 38.4 Å². The van der Waals surface area contributed by atoms with E-state index in [4.69, 9.17) is 26.0 Å². The van der Waals surface area contributed by atoms with Gasteiger partial charge in [0, 0.05) is 0 Å². The summed E-state index contributed by atoms with van der Waals surface area (Å²) in [5.74, 6) is 0. The Morgan fingerprint density at radius 2 is 0.833 bits per heavy atom. The molecule has 0 aliphatic carbocycles. The molecule has 0 fully saturated rings. The van der Waals surface area contributed by atoms with E-state index in [9.17, 15) is 12.3 Å². The topological polar surface area (TPSA) is 0 Å². The Morgan fingerprint density at radius 3 is 1.60 bits per heavy atom. The molecule has 196 valence electrons. The summed E-state index contributed by atoms with van der Waals surface area (Å²) in [4.78, 5) is 0. The highest BCUT2D eigenvalue weighted by Gasteiger charge is 2.19. The van der Waals surface area contributed by atoms with E-state index in [0.29, 0.717) is 0 Å². The van der Waals surface area contributed by atoms with Gasteiger partial charge in [0.25, 0.3) is 0 Å². The fourth-order valence-corrected chi connectivity index (χ4v) is 4.69. The van der Waals surface area contributed by atoms with Crippen LogP contribution in [0, 0.1) is 0 Å². The van der Waals surface area contributed by atoms with Crippen molar-refractivity contribution in [2.24, 2.45) is 0 Å². The number of hydrogen-bond donors (Lipinski definition) is 0. The summed E-state index contributed by atoms with van der Waals surface area (Å²) in [6.45, 7) is 0. The van der Waals surface area contributed by atoms with E-state index in [2.05, 4.69) is 0 Å². The maximum Gasteiger partial charge on any atom is 0.0636 e. The molecule has 0 heteroatoms. The predicted molar refractivity (Wildman–Crippen MR) is 181 cm³/mol. The number of fused-ring (bicyclic) bond motifs is 3. The normalized spacial score (nSPS) is 20.7. The fraction of sp³-hybridized carbons (Fsp3) is 0. The van der Waals surface area contributed by atoms with Crippen LogP contribution < -0.4 is 0 Å². The zero-order valence-electron chi connectivity index (χ0n) is 49.0. The highest BCUT2D eigenvalue weighted by Crippen LogP contribution is 2.47. The van der Waals surface area contributed by atoms with Crippen LogP contribution in [0.25, 0.3) is 76.8 Å². The molecule has 0 nitrogen and oxygen atoms in total. The quantitative estimate of drug-likeness (QED) is 0.188. The van der Waals surface area contributed by atoms with Gasteiger partial charge in [-0.1, -0.05) is 157 Å². The van der Waals surface area contributed by atoms with E-state index in [1.165, 1.54) is 0 Å². The van der Waals surface area contributed by atoms with E-state index in [1.807, 2.05) is 0 Å². The van der Waals surface area contributed by atoms with Crippen LogP contribution in [0.2, 0.25) is 0 Å². The average molecular weight is 561 g/mol. The second kappa shape index (κ2) is 10.2. The lowest BCUT2D eigenvalue weighted by Gasteiger charge is -2.20. The molecule has 0 radical (unpaired) electrons. The maximum atomic E-state index is 9.98. The molecule has 8 aromatic carbocycles. The van der Waals surface area contributed by atoms with Gasteiger partial charge in [-0.2, -0.15) is 0 Å². The SMILES string of the molecule is [2H]c1c([2H])c([2H])c(-c2c([2H])c([2H])c([2H])c([2H])c2-c2c3c([2H])c([2H])c([2H])c([2H])c3c(-c3c([2H])c([2H])c4c([2H])c([2H])c([2H])c([2H])c4c3[2H])c3c([2H])c(-c4c([2H])c([2H])c([2H])c([2H])c4[2H])c([2H])c([2H])c23)c([2H])c1[2H]. The summed E-state index contributed by atoms with van der Waals surface area (Å²) >= 11 is 0. The van der Waals surface area contributed by atoms with Crippen molar-refractivity contribution in [3.8, 4) is 44.5 Å². The van der Waals surface area contributed by atoms with Gasteiger partial charge in [0.1, 0.15) is 0 Å². The molecule has 0 saturated heterocycles. The van der Waals surface area contributed by atoms with Gasteiger partial charge in [-0.05, 0) is 88.9 Å². The predicted octanol–water partition coefficient (Wildman–Crippen LogP) is 11.8. The zero-order valence-corrected chi connectivity index (χ0v) is 21.0. The van der Waals surface area contributed by atoms with E-state index in [-0.39, 0.29) is 0 Å². The lowest BCUT2D eigenvalue weighted by atomic mass is 9.83. The van der Waals surface area contributed by atoms with Gasteiger partial charge in [-0.15, -0.1) is 0 Å². The molecule has 0 aromatic heterocycles. The van der Waals surface area contributed by atoms with Crippen LogP contribution in [0.3, 0.4) is 0 Å². The Morgan fingerprint density at radius 1 is 0.286 bits per heavy atom. The van der Waals surface area contributed by atoms with E-state index in [1.54, 1.807) is 0 Å². The summed E-state index contributed by atoms with van der Waals surface area (Å²) in [6.07, 6.45) is 0. The van der Waals surface area contributed by atoms with E-state index >= 15 is 0 Å². The molecule has 0 spiro atoms. The van der Waals surface area contributed by atoms with E-state index in [0.717, 1.165) is 0 Å². The molecule has 8 aromatic rings. The first kappa shape index (κ1) is 9.02. The van der Waals surface area contributed by atoms with Crippen LogP contribution >= 0.6 is 0 Å². The Kier molecular flexibility index (Phi) is 2.19. The Labute approximate surface area is 285 Å². The minimum Gasteiger partial charge on any atom is -0.0622 e. The second-order valence-corrected chi connectivity index (χ2v) is 8.75. The minimum atomic E-state index is -1.15. The van der Waals surface area contributed by atoms with Gasteiger partial charge in [-0.3, -0.25) is 0 Å². The zero-order chi connectivity index (χ0) is 52.2. The van der Waals surface area contributed by atoms with Crippen molar-refractivity contribution in [3.63, 3.8) is 0 Å². The van der Waals surface area contributed by atoms with Gasteiger partial charge >= 0.3 is 0 Å². The second-order valence-electron chi connectivity index (χ2n) is 8.75. The molecule has 0 aliphatic heterocycles. The van der Waals surface area contributed by atoms with Gasteiger partial charge in [0.2, 0.25) is 0 Å². The highest BCUT2D eigenvalue weighted by molar-refractivity contribution is 6.23. The fourth-order valence-electron chi connectivity index (χ4n) is 4.69. The molecule has 0 amide bonds. The van der Waals surface area contributed by atoms with Crippen molar-refractivity contribution >= 4 is 32.3 Å². The van der Waals surface area contributed by atoms with Crippen LogP contribution in [-0.2, 0) is 0 Å². The van der Waals surface area contributed by atoms with Crippen LogP contribution in [0.4, 0.5) is 0 Å². The first-order valence-corrected chi connectivity index (χ1v) is 12.2. The van der Waals surface area contributed by atoms with Gasteiger partial charge in [0.15, 0.2) is 0 Å². The van der Waals surface area contributed by atoms with Crippen molar-refractivity contribution in [3.05, 3.63) is 169 Å². The molecule has 0 N–H and O–H groups in total. The number of hydrogen-bond acceptors (Lipinski definition) is 0. The monoisotopic (exact) mass is 560 g/mol. The third-order valence-corrected chi connectivity index (χ3v) is 6.44. The third kappa shape index (κ3) is 4.08. The molecule has 0 unspecified atom stereocenters. The molecular formula is C42H28. The molecule has 0 aliphatic rings. The Bertz CT molecular complexity index is 3740. The molecule has 0 saturated carbocycles. The van der Waals surface area contributed by atoms with Crippen molar-refractivity contribution < 1.29 is 38.4 Å². The number of rotatable bonds is 4. The average Bonchev–Trinajstić information content (AvgIpc) is 3.33. The minimum absolute atomic E-state index is 0.638. The van der Waals surface area contributed by atoms with Crippen LogP contribution in [0.5, 0.6) is 0 Å². The summed E-state index contributed by atoms with van der Waals surface area (Å²) in [7, 11) is 0. The largest absolute Gasteiger partial charge is 0.0636 e. The van der Waals surface area contributed by atoms with Crippen LogP contribution in [0.1, 0.15) is 38.4 Å². The lowest BCUT2D eigenvalue weighted by Crippen LogP contribution is -1.93. The summed E-state index contributed by atoms with van der Waals surface area (Å²) in [6, 6.07) is -28.3. The standard InChI is InChI=1S/C42H28/c1-3-13-29(14-4-1)33-25-26-39-40(28-33)41(34-24-23-30-15-7-8-18-32(30)27-34)37-21-11-12-22-38(37)42(39)36-20-10-9-19-35(36)31-16-5-2-6-17-31/h1-28H/i1D,2D,3D,4D,5D,6D,7D,8D,9D,10D,11D,12D,13D,14D,15D,16D,17D,18D,19D,20D,21D,22D,23D,24D,25D,26D,27D,28D. The summed E-state index contributed by atoms with van der Waals surface area (Å²) < 4.78 is 250. The Balaban J connectivity index is 1.85. The van der Waals surface area contributed by atoms with Crippen molar-refractivity contribution in [1.82, 2.24) is 0 Å². The molecule has 0 heterocycles. The van der Waals surface area contributed by atoms with Gasteiger partial charge in [-0.25, -0.2) is 0 Å². The van der Waals surface area contributed by atoms with Gasteiger partial charge < -0.3 is 0 Å². The molecule has 42 heavy (non-hydrogen) atoms. The van der Waals surface area contributed by atoms with Crippen LogP contribution in [-0.4, -0.2) is 0 Å². The smallest absolute Gasteiger partial charge is 0.0622 e.